The summed E-state index contributed by atoms with van der Waals surface area (Å²) in [5.41, 5.74) is 2.10. The normalized spacial score (nSPS) is 50.3. The van der Waals surface area contributed by atoms with Gasteiger partial charge >= 0.3 is 0 Å². The molecule has 0 spiro atoms. The SMILES string of the molecule is CC1CCC([C@@H](C)[C@H]2CC[C@H]3[C@@H]4CCC5=CC(=O)C=C[C@]5(C)[C@H]4CC[C@]23C)NC1. The molecule has 4 aliphatic carbocycles. The van der Waals surface area contributed by atoms with Crippen LogP contribution in [0.25, 0.3) is 0 Å². The molecule has 3 saturated carbocycles. The number of piperidine rings is 1. The van der Waals surface area contributed by atoms with Crippen LogP contribution < -0.4 is 5.32 Å². The number of ketones is 1. The zero-order valence-electron chi connectivity index (χ0n) is 19.0. The third kappa shape index (κ3) is 3.03. The van der Waals surface area contributed by atoms with Gasteiger partial charge in [0.2, 0.25) is 0 Å². The number of carbonyl (C=O) groups is 1. The van der Waals surface area contributed by atoms with Crippen molar-refractivity contribution in [3.05, 3.63) is 23.8 Å². The summed E-state index contributed by atoms with van der Waals surface area (Å²) in [5, 5.41) is 3.91. The molecular formula is C27H41NO. The molecule has 2 unspecified atom stereocenters. The molecule has 160 valence electrons. The van der Waals surface area contributed by atoms with E-state index in [-0.39, 0.29) is 11.2 Å². The molecule has 0 aromatic heterocycles. The van der Waals surface area contributed by atoms with Crippen LogP contribution in [-0.4, -0.2) is 18.4 Å². The minimum atomic E-state index is 0.142. The minimum absolute atomic E-state index is 0.142. The van der Waals surface area contributed by atoms with Crippen molar-refractivity contribution in [2.75, 3.05) is 6.54 Å². The summed E-state index contributed by atoms with van der Waals surface area (Å²) in [4.78, 5) is 12.0. The van der Waals surface area contributed by atoms with Crippen LogP contribution in [0.4, 0.5) is 0 Å². The Morgan fingerprint density at radius 2 is 1.90 bits per heavy atom. The van der Waals surface area contributed by atoms with Crippen LogP contribution in [-0.2, 0) is 4.79 Å². The maximum atomic E-state index is 12.0. The van der Waals surface area contributed by atoms with Crippen molar-refractivity contribution in [1.82, 2.24) is 5.32 Å². The predicted molar refractivity (Wildman–Crippen MR) is 119 cm³/mol. The maximum absolute atomic E-state index is 12.0. The topological polar surface area (TPSA) is 29.1 Å². The van der Waals surface area contributed by atoms with Gasteiger partial charge < -0.3 is 5.32 Å². The number of rotatable bonds is 2. The van der Waals surface area contributed by atoms with Crippen molar-refractivity contribution in [2.24, 2.45) is 46.3 Å². The molecule has 1 N–H and O–H groups in total. The first-order chi connectivity index (χ1) is 13.8. The Hall–Kier alpha value is -0.890. The monoisotopic (exact) mass is 395 g/mol. The van der Waals surface area contributed by atoms with Crippen LogP contribution in [0.2, 0.25) is 0 Å². The van der Waals surface area contributed by atoms with Crippen molar-refractivity contribution in [3.63, 3.8) is 0 Å². The Morgan fingerprint density at radius 1 is 1.07 bits per heavy atom. The van der Waals surface area contributed by atoms with E-state index in [2.05, 4.69) is 39.1 Å². The second-order valence-corrected chi connectivity index (χ2v) is 11.9. The van der Waals surface area contributed by atoms with Gasteiger partial charge in [0.25, 0.3) is 0 Å². The van der Waals surface area contributed by atoms with Gasteiger partial charge in [-0.3, -0.25) is 4.79 Å². The molecule has 2 nitrogen and oxygen atoms in total. The highest BCUT2D eigenvalue weighted by atomic mass is 16.1. The fourth-order valence-corrected chi connectivity index (χ4v) is 8.85. The standard InChI is InChI=1S/C27H41NO/c1-17-5-10-25(28-16-17)18(2)22-8-9-23-21-7-6-19-15-20(29)11-13-26(19,3)24(21)12-14-27(22,23)4/h11,13,15,17-18,21-25,28H,5-10,12,14,16H2,1-4H3/t17?,18-,21-,22+,23-,24-,25?,26-,27+/m0/s1. The smallest absolute Gasteiger partial charge is 0.178 e. The highest BCUT2D eigenvalue weighted by Gasteiger charge is 2.59. The third-order valence-electron chi connectivity index (χ3n) is 10.6. The molecule has 4 fully saturated rings. The molecule has 0 aromatic rings. The number of fused-ring (bicyclic) bond motifs is 5. The van der Waals surface area contributed by atoms with Crippen LogP contribution in [0.1, 0.15) is 79.1 Å². The van der Waals surface area contributed by atoms with Gasteiger partial charge in [-0.1, -0.05) is 39.3 Å². The van der Waals surface area contributed by atoms with Crippen molar-refractivity contribution < 1.29 is 4.79 Å². The van der Waals surface area contributed by atoms with E-state index >= 15 is 0 Å². The quantitative estimate of drug-likeness (QED) is 0.627. The lowest BCUT2D eigenvalue weighted by Gasteiger charge is -2.57. The third-order valence-corrected chi connectivity index (χ3v) is 10.6. The molecule has 1 saturated heterocycles. The molecule has 1 heterocycles. The second kappa shape index (κ2) is 7.08. The summed E-state index contributed by atoms with van der Waals surface area (Å²) in [6.45, 7) is 11.3. The summed E-state index contributed by atoms with van der Waals surface area (Å²) in [7, 11) is 0. The molecule has 9 atom stereocenters. The summed E-state index contributed by atoms with van der Waals surface area (Å²) >= 11 is 0. The van der Waals surface area contributed by atoms with Gasteiger partial charge in [0.1, 0.15) is 0 Å². The van der Waals surface area contributed by atoms with Crippen molar-refractivity contribution in [2.45, 2.75) is 85.1 Å². The lowest BCUT2D eigenvalue weighted by molar-refractivity contribution is -0.111. The van der Waals surface area contributed by atoms with Crippen LogP contribution in [0.3, 0.4) is 0 Å². The number of carbonyl (C=O) groups excluding carboxylic acids is 1. The van der Waals surface area contributed by atoms with Crippen molar-refractivity contribution in [1.29, 1.82) is 0 Å². The van der Waals surface area contributed by atoms with Crippen LogP contribution in [0.5, 0.6) is 0 Å². The molecule has 0 aromatic carbocycles. The molecule has 0 radical (unpaired) electrons. The average Bonchev–Trinajstić information content (AvgIpc) is 3.06. The minimum Gasteiger partial charge on any atom is -0.313 e. The van der Waals surface area contributed by atoms with Gasteiger partial charge in [-0.25, -0.2) is 0 Å². The van der Waals surface area contributed by atoms with E-state index in [1.165, 1.54) is 57.1 Å². The molecular weight excluding hydrogens is 354 g/mol. The molecule has 0 bridgehead atoms. The predicted octanol–water partition coefficient (Wildman–Crippen LogP) is 5.93. The molecule has 2 heteroatoms. The van der Waals surface area contributed by atoms with E-state index in [4.69, 9.17) is 0 Å². The summed E-state index contributed by atoms with van der Waals surface area (Å²) in [6.07, 6.45) is 17.0. The van der Waals surface area contributed by atoms with Crippen LogP contribution in [0.15, 0.2) is 23.8 Å². The van der Waals surface area contributed by atoms with E-state index in [1.54, 1.807) is 0 Å². The van der Waals surface area contributed by atoms with Crippen LogP contribution in [0, 0.1) is 46.3 Å². The average molecular weight is 396 g/mol. The van der Waals surface area contributed by atoms with Crippen LogP contribution >= 0.6 is 0 Å². The first-order valence-corrected chi connectivity index (χ1v) is 12.5. The number of allylic oxidation sites excluding steroid dienone is 4. The van der Waals surface area contributed by atoms with E-state index in [0.717, 1.165) is 48.0 Å². The lowest BCUT2D eigenvalue weighted by Crippen LogP contribution is -2.52. The molecule has 5 aliphatic rings. The highest BCUT2D eigenvalue weighted by molar-refractivity contribution is 6.01. The molecule has 29 heavy (non-hydrogen) atoms. The van der Waals surface area contributed by atoms with Gasteiger partial charge in [-0.05, 0) is 111 Å². The molecule has 0 amide bonds. The maximum Gasteiger partial charge on any atom is 0.178 e. The zero-order chi connectivity index (χ0) is 20.4. The second-order valence-electron chi connectivity index (χ2n) is 11.9. The lowest BCUT2D eigenvalue weighted by atomic mass is 9.47. The fraction of sp³-hybridized carbons (Fsp3) is 0.815. The largest absolute Gasteiger partial charge is 0.313 e. The summed E-state index contributed by atoms with van der Waals surface area (Å²) in [6, 6.07) is 0.732. The Bertz CT molecular complexity index is 729. The molecule has 5 rings (SSSR count). The summed E-state index contributed by atoms with van der Waals surface area (Å²) in [5.74, 6) is 5.23. The van der Waals surface area contributed by atoms with Crippen molar-refractivity contribution >= 4 is 5.78 Å². The highest BCUT2D eigenvalue weighted by Crippen LogP contribution is 2.67. The van der Waals surface area contributed by atoms with E-state index in [0.29, 0.717) is 5.41 Å². The van der Waals surface area contributed by atoms with Gasteiger partial charge in [0.15, 0.2) is 5.78 Å². The first kappa shape index (κ1) is 20.0. The van der Waals surface area contributed by atoms with E-state index < -0.39 is 0 Å². The number of nitrogens with one attached hydrogen (secondary N) is 1. The van der Waals surface area contributed by atoms with E-state index in [1.807, 2.05) is 12.2 Å². The van der Waals surface area contributed by atoms with Gasteiger partial charge in [-0.2, -0.15) is 0 Å². The Balaban J connectivity index is 1.37. The fourth-order valence-electron chi connectivity index (χ4n) is 8.85. The van der Waals surface area contributed by atoms with Crippen molar-refractivity contribution in [3.8, 4) is 0 Å². The van der Waals surface area contributed by atoms with Gasteiger partial charge in [0, 0.05) is 11.5 Å². The Kier molecular flexibility index (Phi) is 4.89. The Labute approximate surface area is 178 Å². The first-order valence-electron chi connectivity index (χ1n) is 12.5. The Morgan fingerprint density at radius 3 is 2.66 bits per heavy atom. The zero-order valence-corrected chi connectivity index (χ0v) is 19.0. The van der Waals surface area contributed by atoms with Gasteiger partial charge in [-0.15, -0.1) is 0 Å². The summed E-state index contributed by atoms with van der Waals surface area (Å²) < 4.78 is 0. The number of hydrogen-bond acceptors (Lipinski definition) is 2. The van der Waals surface area contributed by atoms with Gasteiger partial charge in [0.05, 0.1) is 0 Å². The molecule has 1 aliphatic heterocycles. The van der Waals surface area contributed by atoms with E-state index in [9.17, 15) is 4.79 Å². The number of hydrogen-bond donors (Lipinski definition) is 1.